The van der Waals surface area contributed by atoms with E-state index in [1.165, 1.54) is 36.6 Å². The molecule has 1 spiro atoms. The van der Waals surface area contributed by atoms with Gasteiger partial charge in [0.25, 0.3) is 0 Å². The van der Waals surface area contributed by atoms with E-state index >= 15 is 0 Å². The van der Waals surface area contributed by atoms with Gasteiger partial charge in [0.1, 0.15) is 0 Å². The molecule has 2 heterocycles. The lowest BCUT2D eigenvalue weighted by atomic mass is 9.78. The van der Waals surface area contributed by atoms with Crippen LogP contribution >= 0.6 is 11.8 Å². The van der Waals surface area contributed by atoms with E-state index in [9.17, 15) is 0 Å². The Bertz CT molecular complexity index is 374. The van der Waals surface area contributed by atoms with Crippen LogP contribution in [0.4, 0.5) is 0 Å². The van der Waals surface area contributed by atoms with Crippen molar-refractivity contribution >= 4 is 16.9 Å². The molecule has 1 atom stereocenters. The maximum atomic E-state index is 5.40. The maximum Gasteiger partial charge on any atom is 0.157 e. The van der Waals surface area contributed by atoms with Gasteiger partial charge in [0.05, 0.1) is 19.3 Å². The Morgan fingerprint density at radius 3 is 2.81 bits per heavy atom. The molecular weight excluding hydrogens is 282 g/mol. The minimum atomic E-state index is 0.356. The number of nitrogens with zero attached hydrogens (tertiary/aromatic N) is 2. The van der Waals surface area contributed by atoms with Gasteiger partial charge < -0.3 is 10.1 Å². The third-order valence-corrected chi connectivity index (χ3v) is 6.23. The Hall–Kier alpha value is -0.260. The highest BCUT2D eigenvalue weighted by Crippen LogP contribution is 2.38. The minimum Gasteiger partial charge on any atom is -0.379 e. The molecule has 2 saturated heterocycles. The van der Waals surface area contributed by atoms with Crippen LogP contribution in [0.3, 0.4) is 0 Å². The first kappa shape index (κ1) is 15.6. The molecule has 0 aromatic rings. The van der Waals surface area contributed by atoms with Crippen molar-refractivity contribution in [3.8, 4) is 0 Å². The monoisotopic (exact) mass is 311 g/mol. The van der Waals surface area contributed by atoms with Crippen molar-refractivity contribution < 1.29 is 4.74 Å². The molecule has 0 radical (unpaired) electrons. The highest BCUT2D eigenvalue weighted by molar-refractivity contribution is 8.14. The molecule has 3 fully saturated rings. The average Bonchev–Trinajstić information content (AvgIpc) is 2.86. The van der Waals surface area contributed by atoms with E-state index in [1.54, 1.807) is 0 Å². The minimum absolute atomic E-state index is 0.356. The molecule has 120 valence electrons. The third-order valence-electron chi connectivity index (χ3n) is 5.05. The summed E-state index contributed by atoms with van der Waals surface area (Å²) >= 11 is 1.93. The summed E-state index contributed by atoms with van der Waals surface area (Å²) in [6.45, 7) is 9.52. The van der Waals surface area contributed by atoms with Gasteiger partial charge in [-0.25, -0.2) is 0 Å². The van der Waals surface area contributed by atoms with Crippen LogP contribution in [-0.2, 0) is 4.74 Å². The van der Waals surface area contributed by atoms with Crippen LogP contribution in [0.25, 0.3) is 0 Å². The largest absolute Gasteiger partial charge is 0.379 e. The zero-order valence-electron chi connectivity index (χ0n) is 13.4. The lowest BCUT2D eigenvalue weighted by Crippen LogP contribution is -2.46. The van der Waals surface area contributed by atoms with Gasteiger partial charge in [-0.1, -0.05) is 18.7 Å². The lowest BCUT2D eigenvalue weighted by Gasteiger charge is -2.35. The van der Waals surface area contributed by atoms with Crippen LogP contribution in [-0.4, -0.2) is 60.2 Å². The van der Waals surface area contributed by atoms with E-state index in [4.69, 9.17) is 9.73 Å². The molecule has 0 bridgehead atoms. The second-order valence-corrected chi connectivity index (χ2v) is 8.04. The van der Waals surface area contributed by atoms with Crippen molar-refractivity contribution in [1.82, 2.24) is 10.2 Å². The fraction of sp³-hybridized carbons (Fsp3) is 0.938. The number of ether oxygens (including phenoxy) is 1. The number of morpholine rings is 1. The highest BCUT2D eigenvalue weighted by atomic mass is 32.2. The SMILES string of the molecule is CC1CCC2(CC1)CSC(=NC(C)CN1CCOCC1)N2. The summed E-state index contributed by atoms with van der Waals surface area (Å²) < 4.78 is 5.40. The first-order chi connectivity index (χ1) is 10.2. The van der Waals surface area contributed by atoms with Crippen LogP contribution in [0, 0.1) is 5.92 Å². The van der Waals surface area contributed by atoms with Gasteiger partial charge in [0.15, 0.2) is 5.17 Å². The molecule has 1 aliphatic carbocycles. The number of rotatable bonds is 3. The number of amidine groups is 1. The molecule has 3 rings (SSSR count). The van der Waals surface area contributed by atoms with Crippen molar-refractivity contribution in [2.24, 2.45) is 10.9 Å². The average molecular weight is 311 g/mol. The quantitative estimate of drug-likeness (QED) is 0.868. The molecule has 3 aliphatic rings. The summed E-state index contributed by atoms with van der Waals surface area (Å²) in [5.74, 6) is 2.12. The highest BCUT2D eigenvalue weighted by Gasteiger charge is 2.39. The topological polar surface area (TPSA) is 36.9 Å². The van der Waals surface area contributed by atoms with Crippen molar-refractivity contribution in [2.45, 2.75) is 51.1 Å². The Kier molecular flexibility index (Phi) is 5.12. The summed E-state index contributed by atoms with van der Waals surface area (Å²) in [6.07, 6.45) is 5.37. The Morgan fingerprint density at radius 2 is 2.10 bits per heavy atom. The number of hydrogen-bond acceptors (Lipinski definition) is 4. The summed E-state index contributed by atoms with van der Waals surface area (Å²) in [5, 5.41) is 4.95. The Balaban J connectivity index is 1.50. The van der Waals surface area contributed by atoms with Gasteiger partial charge in [-0.15, -0.1) is 0 Å². The number of aliphatic imine (C=N–C) groups is 1. The molecule has 2 aliphatic heterocycles. The standard InChI is InChI=1S/C16H29N3OS/c1-13-3-5-16(6-4-13)12-21-15(18-16)17-14(2)11-19-7-9-20-10-8-19/h13-14H,3-12H2,1-2H3,(H,17,18). The summed E-state index contributed by atoms with van der Waals surface area (Å²) in [5.41, 5.74) is 0.356. The molecule has 1 unspecified atom stereocenters. The van der Waals surface area contributed by atoms with Gasteiger partial charge in [-0.2, -0.15) is 0 Å². The summed E-state index contributed by atoms with van der Waals surface area (Å²) in [6, 6.07) is 0.371. The number of thioether (sulfide) groups is 1. The van der Waals surface area contributed by atoms with Crippen LogP contribution < -0.4 is 5.32 Å². The Morgan fingerprint density at radius 1 is 1.38 bits per heavy atom. The fourth-order valence-electron chi connectivity index (χ4n) is 3.56. The van der Waals surface area contributed by atoms with Crippen molar-refractivity contribution in [2.75, 3.05) is 38.6 Å². The van der Waals surface area contributed by atoms with E-state index < -0.39 is 0 Å². The number of nitrogens with one attached hydrogen (secondary N) is 1. The van der Waals surface area contributed by atoms with Crippen molar-refractivity contribution in [3.63, 3.8) is 0 Å². The molecular formula is C16H29N3OS. The third kappa shape index (κ3) is 4.14. The Labute approximate surface area is 133 Å². The van der Waals surface area contributed by atoms with E-state index in [-0.39, 0.29) is 0 Å². The van der Waals surface area contributed by atoms with E-state index in [2.05, 4.69) is 24.1 Å². The first-order valence-electron chi connectivity index (χ1n) is 8.44. The van der Waals surface area contributed by atoms with Crippen LogP contribution in [0.5, 0.6) is 0 Å². The summed E-state index contributed by atoms with van der Waals surface area (Å²) in [7, 11) is 0. The normalized spacial score (nSPS) is 37.8. The molecule has 1 N–H and O–H groups in total. The number of hydrogen-bond donors (Lipinski definition) is 1. The predicted octanol–water partition coefficient (Wildman–Crippen LogP) is 2.35. The van der Waals surface area contributed by atoms with Crippen LogP contribution in [0.15, 0.2) is 4.99 Å². The van der Waals surface area contributed by atoms with Gasteiger partial charge in [-0.3, -0.25) is 9.89 Å². The van der Waals surface area contributed by atoms with E-state index in [1.807, 2.05) is 11.8 Å². The molecule has 4 nitrogen and oxygen atoms in total. The summed E-state index contributed by atoms with van der Waals surface area (Å²) in [4.78, 5) is 7.39. The second kappa shape index (κ2) is 6.88. The van der Waals surface area contributed by atoms with Gasteiger partial charge in [-0.05, 0) is 38.5 Å². The molecule has 21 heavy (non-hydrogen) atoms. The fourth-order valence-corrected chi connectivity index (χ4v) is 4.87. The molecule has 1 saturated carbocycles. The van der Waals surface area contributed by atoms with Gasteiger partial charge in [0, 0.05) is 30.9 Å². The zero-order valence-corrected chi connectivity index (χ0v) is 14.3. The molecule has 5 heteroatoms. The lowest BCUT2D eigenvalue weighted by molar-refractivity contribution is 0.0361. The maximum absolute atomic E-state index is 5.40. The van der Waals surface area contributed by atoms with Crippen LogP contribution in [0.1, 0.15) is 39.5 Å². The smallest absolute Gasteiger partial charge is 0.157 e. The van der Waals surface area contributed by atoms with E-state index in [0.29, 0.717) is 11.6 Å². The molecule has 0 aromatic heterocycles. The molecule has 0 aromatic carbocycles. The zero-order chi connectivity index (χ0) is 14.7. The first-order valence-corrected chi connectivity index (χ1v) is 9.43. The second-order valence-electron chi connectivity index (χ2n) is 7.07. The van der Waals surface area contributed by atoms with Crippen molar-refractivity contribution in [1.29, 1.82) is 0 Å². The predicted molar refractivity (Wildman–Crippen MR) is 90.1 cm³/mol. The van der Waals surface area contributed by atoms with Crippen molar-refractivity contribution in [3.05, 3.63) is 0 Å². The van der Waals surface area contributed by atoms with Gasteiger partial charge >= 0.3 is 0 Å². The molecule has 0 amide bonds. The van der Waals surface area contributed by atoms with Gasteiger partial charge in [0.2, 0.25) is 0 Å². The van der Waals surface area contributed by atoms with E-state index in [0.717, 1.165) is 38.8 Å². The van der Waals surface area contributed by atoms with Crippen LogP contribution in [0.2, 0.25) is 0 Å².